The van der Waals surface area contributed by atoms with Gasteiger partial charge in [-0.05, 0) is 22.0 Å². The lowest BCUT2D eigenvalue weighted by atomic mass is 10.5. The molecule has 2 rings (SSSR count). The van der Waals surface area contributed by atoms with Crippen LogP contribution in [0, 0.1) is 0 Å². The average Bonchev–Trinajstić information content (AvgIpc) is 2.71. The molecule has 0 amide bonds. The van der Waals surface area contributed by atoms with Crippen molar-refractivity contribution < 1.29 is 0 Å². The van der Waals surface area contributed by atoms with Crippen molar-refractivity contribution in [2.45, 2.75) is 10.9 Å². The molecule has 0 saturated heterocycles. The third-order valence-corrected chi connectivity index (χ3v) is 4.17. The van der Waals surface area contributed by atoms with Crippen LogP contribution in [0.1, 0.15) is 4.88 Å². The minimum atomic E-state index is 0.865. The van der Waals surface area contributed by atoms with E-state index in [1.165, 1.54) is 11.2 Å². The number of aromatic amines is 1. The number of halogens is 1. The van der Waals surface area contributed by atoms with Crippen LogP contribution in [0.2, 0.25) is 0 Å². The Balaban J connectivity index is 1.93. The lowest BCUT2D eigenvalue weighted by Crippen LogP contribution is -1.76. The fraction of sp³-hybridized carbons (Fsp3) is 0.143. The van der Waals surface area contributed by atoms with E-state index in [1.807, 2.05) is 0 Å². The second-order valence-corrected chi connectivity index (χ2v) is 5.19. The molecule has 0 unspecified atom stereocenters. The van der Waals surface area contributed by atoms with Gasteiger partial charge in [-0.3, -0.25) is 5.10 Å². The van der Waals surface area contributed by atoms with Crippen molar-refractivity contribution in [3.63, 3.8) is 0 Å². The lowest BCUT2D eigenvalue weighted by Gasteiger charge is -1.92. The summed E-state index contributed by atoms with van der Waals surface area (Å²) in [7, 11) is 0. The SMILES string of the molecule is Brc1csc(CSc2ncn[nH]2)c1. The minimum absolute atomic E-state index is 0.865. The second kappa shape index (κ2) is 4.26. The van der Waals surface area contributed by atoms with E-state index in [0.29, 0.717) is 0 Å². The van der Waals surface area contributed by atoms with Gasteiger partial charge in [0, 0.05) is 20.5 Å². The molecule has 2 heterocycles. The van der Waals surface area contributed by atoms with Crippen LogP contribution in [0.5, 0.6) is 0 Å². The first-order chi connectivity index (χ1) is 6.34. The normalized spacial score (nSPS) is 10.5. The molecular formula is C7H6BrN3S2. The first-order valence-corrected chi connectivity index (χ1v) is 6.21. The molecule has 0 aromatic carbocycles. The quantitative estimate of drug-likeness (QED) is 0.876. The molecule has 68 valence electrons. The third kappa shape index (κ3) is 2.55. The smallest absolute Gasteiger partial charge is 0.183 e. The second-order valence-electron chi connectivity index (χ2n) is 2.31. The van der Waals surface area contributed by atoms with E-state index in [-0.39, 0.29) is 0 Å². The molecule has 2 aromatic rings. The Hall–Kier alpha value is -0.330. The van der Waals surface area contributed by atoms with Crippen LogP contribution in [0.25, 0.3) is 0 Å². The van der Waals surface area contributed by atoms with Crippen LogP contribution < -0.4 is 0 Å². The van der Waals surface area contributed by atoms with E-state index in [9.17, 15) is 0 Å². The van der Waals surface area contributed by atoms with Crippen LogP contribution in [-0.4, -0.2) is 15.2 Å². The summed E-state index contributed by atoms with van der Waals surface area (Å²) in [6, 6.07) is 2.12. The highest BCUT2D eigenvalue weighted by Gasteiger charge is 2.00. The molecule has 0 saturated carbocycles. The van der Waals surface area contributed by atoms with Crippen LogP contribution in [0.15, 0.2) is 27.4 Å². The summed E-state index contributed by atoms with van der Waals surface area (Å²) in [6.07, 6.45) is 1.52. The molecule has 3 nitrogen and oxygen atoms in total. The zero-order valence-corrected chi connectivity index (χ0v) is 9.75. The first-order valence-electron chi connectivity index (χ1n) is 3.55. The van der Waals surface area contributed by atoms with Crippen molar-refractivity contribution >= 4 is 39.0 Å². The van der Waals surface area contributed by atoms with E-state index in [4.69, 9.17) is 0 Å². The summed E-state index contributed by atoms with van der Waals surface area (Å²) in [5.41, 5.74) is 0. The summed E-state index contributed by atoms with van der Waals surface area (Å²) >= 11 is 6.81. The number of aromatic nitrogens is 3. The Kier molecular flexibility index (Phi) is 3.02. The van der Waals surface area contributed by atoms with Gasteiger partial charge < -0.3 is 0 Å². The number of rotatable bonds is 3. The number of hydrogen-bond acceptors (Lipinski definition) is 4. The van der Waals surface area contributed by atoms with E-state index < -0.39 is 0 Å². The minimum Gasteiger partial charge on any atom is -0.254 e. The highest BCUT2D eigenvalue weighted by atomic mass is 79.9. The number of H-pyrrole nitrogens is 1. The number of nitrogens with one attached hydrogen (secondary N) is 1. The van der Waals surface area contributed by atoms with Crippen molar-refractivity contribution in [3.05, 3.63) is 27.1 Å². The van der Waals surface area contributed by atoms with Crippen LogP contribution in [-0.2, 0) is 5.75 Å². The summed E-state index contributed by atoms with van der Waals surface area (Å²) in [5, 5.41) is 9.53. The van der Waals surface area contributed by atoms with E-state index in [2.05, 4.69) is 42.6 Å². The summed E-state index contributed by atoms with van der Waals surface area (Å²) in [6.45, 7) is 0. The Morgan fingerprint density at radius 2 is 2.54 bits per heavy atom. The van der Waals surface area contributed by atoms with Crippen molar-refractivity contribution in [1.82, 2.24) is 15.2 Å². The van der Waals surface area contributed by atoms with Gasteiger partial charge in [0.05, 0.1) is 0 Å². The van der Waals surface area contributed by atoms with Gasteiger partial charge >= 0.3 is 0 Å². The maximum Gasteiger partial charge on any atom is 0.183 e. The van der Waals surface area contributed by atoms with Crippen molar-refractivity contribution in [2.24, 2.45) is 0 Å². The fourth-order valence-electron chi connectivity index (χ4n) is 0.833. The number of thioether (sulfide) groups is 1. The molecule has 2 aromatic heterocycles. The van der Waals surface area contributed by atoms with E-state index >= 15 is 0 Å². The standard InChI is InChI=1S/C7H6BrN3S2/c8-5-1-6(12-2-5)3-13-7-9-4-10-11-7/h1-2,4H,3H2,(H,9,10,11). The van der Waals surface area contributed by atoms with Gasteiger partial charge in [0.15, 0.2) is 5.16 Å². The average molecular weight is 276 g/mol. The summed E-state index contributed by atoms with van der Waals surface area (Å²) in [5.74, 6) is 0.936. The third-order valence-electron chi connectivity index (χ3n) is 1.37. The van der Waals surface area contributed by atoms with Gasteiger partial charge in [-0.2, -0.15) is 5.10 Å². The van der Waals surface area contributed by atoms with Gasteiger partial charge in [-0.25, -0.2) is 4.98 Å². The van der Waals surface area contributed by atoms with E-state index in [1.54, 1.807) is 23.1 Å². The zero-order valence-electron chi connectivity index (χ0n) is 6.53. The Morgan fingerprint density at radius 3 is 3.15 bits per heavy atom. The Bertz CT molecular complexity index is 371. The summed E-state index contributed by atoms with van der Waals surface area (Å²) in [4.78, 5) is 5.35. The van der Waals surface area contributed by atoms with Crippen molar-refractivity contribution in [3.8, 4) is 0 Å². The molecule has 0 aliphatic carbocycles. The van der Waals surface area contributed by atoms with Gasteiger partial charge in [0.1, 0.15) is 6.33 Å². The van der Waals surface area contributed by atoms with Crippen molar-refractivity contribution in [1.29, 1.82) is 0 Å². The van der Waals surface area contributed by atoms with Crippen LogP contribution in [0.3, 0.4) is 0 Å². The molecule has 0 aliphatic heterocycles. The first kappa shape index (κ1) is 9.23. The zero-order chi connectivity index (χ0) is 9.10. The van der Waals surface area contributed by atoms with Crippen LogP contribution in [0.4, 0.5) is 0 Å². The van der Waals surface area contributed by atoms with Crippen molar-refractivity contribution in [2.75, 3.05) is 0 Å². The van der Waals surface area contributed by atoms with Gasteiger partial charge in [0.2, 0.25) is 0 Å². The number of hydrogen-bond donors (Lipinski definition) is 1. The molecule has 0 atom stereocenters. The maximum atomic E-state index is 4.03. The van der Waals surface area contributed by atoms with Gasteiger partial charge in [-0.15, -0.1) is 11.3 Å². The van der Waals surface area contributed by atoms with Crippen LogP contribution >= 0.6 is 39.0 Å². The van der Waals surface area contributed by atoms with Gasteiger partial charge in [-0.1, -0.05) is 11.8 Å². The molecule has 0 fully saturated rings. The lowest BCUT2D eigenvalue weighted by molar-refractivity contribution is 0.973. The molecule has 0 spiro atoms. The molecule has 0 bridgehead atoms. The summed E-state index contributed by atoms with van der Waals surface area (Å²) < 4.78 is 1.14. The largest absolute Gasteiger partial charge is 0.254 e. The maximum absolute atomic E-state index is 4.03. The Labute approximate surface area is 92.1 Å². The number of thiophene rings is 1. The van der Waals surface area contributed by atoms with Gasteiger partial charge in [0.25, 0.3) is 0 Å². The molecule has 0 aliphatic rings. The fourth-order valence-corrected chi connectivity index (χ4v) is 3.12. The van der Waals surface area contributed by atoms with E-state index in [0.717, 1.165) is 15.4 Å². The number of nitrogens with zero attached hydrogens (tertiary/aromatic N) is 2. The highest BCUT2D eigenvalue weighted by Crippen LogP contribution is 2.25. The Morgan fingerprint density at radius 1 is 1.62 bits per heavy atom. The highest BCUT2D eigenvalue weighted by molar-refractivity contribution is 9.10. The molecule has 0 radical (unpaired) electrons. The molecular weight excluding hydrogens is 270 g/mol. The molecule has 6 heteroatoms. The molecule has 1 N–H and O–H groups in total. The predicted octanol–water partition coefficient (Wildman–Crippen LogP) is 2.92. The topological polar surface area (TPSA) is 41.6 Å². The predicted molar refractivity (Wildman–Crippen MR) is 58.0 cm³/mol. The monoisotopic (exact) mass is 275 g/mol. The molecule has 13 heavy (non-hydrogen) atoms.